The van der Waals surface area contributed by atoms with E-state index in [0.29, 0.717) is 57.2 Å². The lowest BCUT2D eigenvalue weighted by molar-refractivity contribution is -0.139. The molecular weight excluding hydrogens is 452 g/mol. The lowest BCUT2D eigenvalue weighted by Crippen LogP contribution is -2.46. The van der Waals surface area contributed by atoms with E-state index in [2.05, 4.69) is 13.8 Å². The highest BCUT2D eigenvalue weighted by Gasteiger charge is 2.35. The Morgan fingerprint density at radius 1 is 1.06 bits per heavy atom. The molecule has 184 valence electrons. The third-order valence-electron chi connectivity index (χ3n) is 6.76. The van der Waals surface area contributed by atoms with Gasteiger partial charge in [-0.05, 0) is 43.9 Å². The summed E-state index contributed by atoms with van der Waals surface area (Å²) in [5.41, 5.74) is 1.10. The Labute approximate surface area is 202 Å². The van der Waals surface area contributed by atoms with Crippen LogP contribution in [0.5, 0.6) is 11.5 Å². The molecule has 0 unspecified atom stereocenters. The molecule has 0 aromatic heterocycles. The van der Waals surface area contributed by atoms with E-state index < -0.39 is 10.0 Å². The van der Waals surface area contributed by atoms with Crippen LogP contribution in [0.15, 0.2) is 53.4 Å². The van der Waals surface area contributed by atoms with Crippen LogP contribution in [0.2, 0.25) is 0 Å². The van der Waals surface area contributed by atoms with E-state index in [1.54, 1.807) is 18.2 Å². The molecule has 2 aromatic rings. The van der Waals surface area contributed by atoms with Gasteiger partial charge >= 0.3 is 0 Å². The molecule has 7 nitrogen and oxygen atoms in total. The van der Waals surface area contributed by atoms with Crippen LogP contribution in [-0.4, -0.2) is 55.9 Å². The Kier molecular flexibility index (Phi) is 7.78. The van der Waals surface area contributed by atoms with Gasteiger partial charge in [0, 0.05) is 44.1 Å². The quantitative estimate of drug-likeness (QED) is 0.590. The Bertz CT molecular complexity index is 1080. The van der Waals surface area contributed by atoms with Crippen molar-refractivity contribution in [3.05, 3.63) is 54.1 Å². The second kappa shape index (κ2) is 10.8. The van der Waals surface area contributed by atoms with E-state index in [4.69, 9.17) is 9.47 Å². The summed E-state index contributed by atoms with van der Waals surface area (Å²) in [6, 6.07) is 14.9. The molecule has 0 N–H and O–H groups in total. The van der Waals surface area contributed by atoms with Crippen LogP contribution in [-0.2, 0) is 21.4 Å². The van der Waals surface area contributed by atoms with Gasteiger partial charge in [-0.15, -0.1) is 0 Å². The molecule has 1 fully saturated rings. The third-order valence-corrected chi connectivity index (χ3v) is 8.66. The lowest BCUT2D eigenvalue weighted by atomic mass is 9.95. The molecule has 0 radical (unpaired) electrons. The number of amides is 1. The lowest BCUT2D eigenvalue weighted by Gasteiger charge is -2.36. The summed E-state index contributed by atoms with van der Waals surface area (Å²) < 4.78 is 39.4. The van der Waals surface area contributed by atoms with Crippen LogP contribution in [0.25, 0.3) is 0 Å². The van der Waals surface area contributed by atoms with Gasteiger partial charge in [0.25, 0.3) is 0 Å². The number of ether oxygens (including phenoxy) is 2. The van der Waals surface area contributed by atoms with Crippen LogP contribution in [0.3, 0.4) is 0 Å². The Hall–Kier alpha value is -2.58. The van der Waals surface area contributed by atoms with Gasteiger partial charge in [-0.25, -0.2) is 8.42 Å². The maximum absolute atomic E-state index is 13.4. The molecule has 2 aliphatic rings. The van der Waals surface area contributed by atoms with Gasteiger partial charge in [-0.2, -0.15) is 4.31 Å². The summed E-state index contributed by atoms with van der Waals surface area (Å²) in [6.07, 6.45) is 2.67. The number of carbonyl (C=O) groups is 1. The van der Waals surface area contributed by atoms with Crippen molar-refractivity contribution in [1.29, 1.82) is 0 Å². The fourth-order valence-corrected chi connectivity index (χ4v) is 5.97. The average molecular weight is 487 g/mol. The minimum Gasteiger partial charge on any atom is -0.490 e. The first-order valence-corrected chi connectivity index (χ1v) is 13.6. The van der Waals surface area contributed by atoms with Gasteiger partial charge in [0.15, 0.2) is 11.5 Å². The molecule has 4 rings (SSSR count). The number of nitrogens with zero attached hydrogens (tertiary/aromatic N) is 2. The summed E-state index contributed by atoms with van der Waals surface area (Å²) in [7, 11) is -3.67. The number of benzene rings is 2. The molecular formula is C26H34N2O5S. The molecule has 1 atom stereocenters. The Balaban J connectivity index is 1.43. The molecule has 0 saturated carbocycles. The normalized spacial score (nSPS) is 18.2. The predicted molar refractivity (Wildman–Crippen MR) is 130 cm³/mol. The molecule has 2 aromatic carbocycles. The van der Waals surface area contributed by atoms with E-state index in [9.17, 15) is 13.2 Å². The van der Waals surface area contributed by atoms with Crippen molar-refractivity contribution in [2.24, 2.45) is 5.92 Å². The largest absolute Gasteiger partial charge is 0.490 e. The highest BCUT2D eigenvalue weighted by molar-refractivity contribution is 7.89. The zero-order chi connectivity index (χ0) is 24.1. The van der Waals surface area contributed by atoms with Gasteiger partial charge in [0.1, 0.15) is 0 Å². The monoisotopic (exact) mass is 486 g/mol. The van der Waals surface area contributed by atoms with Crippen molar-refractivity contribution in [3.63, 3.8) is 0 Å². The van der Waals surface area contributed by atoms with Crippen molar-refractivity contribution in [3.8, 4) is 11.5 Å². The zero-order valence-electron chi connectivity index (χ0n) is 20.0. The highest BCUT2D eigenvalue weighted by Crippen LogP contribution is 2.34. The number of rotatable bonds is 7. The Morgan fingerprint density at radius 3 is 2.41 bits per heavy atom. The molecule has 0 bridgehead atoms. The van der Waals surface area contributed by atoms with Gasteiger partial charge in [0.2, 0.25) is 15.9 Å². The molecule has 2 aliphatic heterocycles. The first-order chi connectivity index (χ1) is 16.4. The summed E-state index contributed by atoms with van der Waals surface area (Å²) in [5, 5.41) is 0. The molecule has 1 amide bonds. The third kappa shape index (κ3) is 5.39. The maximum Gasteiger partial charge on any atom is 0.243 e. The first kappa shape index (κ1) is 24.5. The molecule has 0 aliphatic carbocycles. The SMILES string of the molecule is CC[C@H](C)N(Cc1ccccc1)C(=O)C1CCN(S(=O)(=O)c2ccc3c(c2)OCCCO3)CC1. The van der Waals surface area contributed by atoms with Gasteiger partial charge in [-0.3, -0.25) is 4.79 Å². The molecule has 8 heteroatoms. The zero-order valence-corrected chi connectivity index (χ0v) is 20.8. The smallest absolute Gasteiger partial charge is 0.243 e. The first-order valence-electron chi connectivity index (χ1n) is 12.1. The minimum atomic E-state index is -3.67. The van der Waals surface area contributed by atoms with Crippen molar-refractivity contribution < 1.29 is 22.7 Å². The van der Waals surface area contributed by atoms with Crippen molar-refractivity contribution in [2.45, 2.75) is 57.0 Å². The molecule has 2 heterocycles. The second-order valence-corrected chi connectivity index (χ2v) is 11.0. The number of piperidine rings is 1. The fourth-order valence-electron chi connectivity index (χ4n) is 4.48. The number of hydrogen-bond donors (Lipinski definition) is 0. The number of sulfonamides is 1. The number of fused-ring (bicyclic) bond motifs is 1. The van der Waals surface area contributed by atoms with E-state index in [-0.39, 0.29) is 22.8 Å². The number of carbonyl (C=O) groups excluding carboxylic acids is 1. The fraction of sp³-hybridized carbons (Fsp3) is 0.500. The predicted octanol–water partition coefficient (Wildman–Crippen LogP) is 4.08. The van der Waals surface area contributed by atoms with Crippen molar-refractivity contribution in [2.75, 3.05) is 26.3 Å². The molecule has 1 saturated heterocycles. The van der Waals surface area contributed by atoms with E-state index in [0.717, 1.165) is 18.4 Å². The van der Waals surface area contributed by atoms with Crippen molar-refractivity contribution in [1.82, 2.24) is 9.21 Å². The van der Waals surface area contributed by atoms with Gasteiger partial charge in [0.05, 0.1) is 18.1 Å². The number of hydrogen-bond acceptors (Lipinski definition) is 5. The van der Waals surface area contributed by atoms with E-state index in [1.165, 1.54) is 4.31 Å². The van der Waals surface area contributed by atoms with E-state index >= 15 is 0 Å². The maximum atomic E-state index is 13.4. The van der Waals surface area contributed by atoms with Crippen molar-refractivity contribution >= 4 is 15.9 Å². The van der Waals surface area contributed by atoms with Crippen LogP contribution in [0.4, 0.5) is 0 Å². The second-order valence-electron chi connectivity index (χ2n) is 9.05. The van der Waals surface area contributed by atoms with Crippen LogP contribution >= 0.6 is 0 Å². The Morgan fingerprint density at radius 2 is 1.74 bits per heavy atom. The van der Waals surface area contributed by atoms with Gasteiger partial charge < -0.3 is 14.4 Å². The van der Waals surface area contributed by atoms with Crippen LogP contribution < -0.4 is 9.47 Å². The minimum absolute atomic E-state index is 0.117. The summed E-state index contributed by atoms with van der Waals surface area (Å²) in [5.74, 6) is 0.983. The topological polar surface area (TPSA) is 76.2 Å². The average Bonchev–Trinajstić information content (AvgIpc) is 3.12. The van der Waals surface area contributed by atoms with Gasteiger partial charge in [-0.1, -0.05) is 37.3 Å². The van der Waals surface area contributed by atoms with Crippen LogP contribution in [0.1, 0.15) is 45.1 Å². The summed E-state index contributed by atoms with van der Waals surface area (Å²) in [4.78, 5) is 15.6. The standard InChI is InChI=1S/C26H34N2O5S/c1-3-20(2)28(19-21-8-5-4-6-9-21)26(29)22-12-14-27(15-13-22)34(30,31)23-10-11-24-25(18-23)33-17-7-16-32-24/h4-6,8-11,18,20,22H,3,7,12-17,19H2,1-2H3/t20-/m0/s1. The molecule has 34 heavy (non-hydrogen) atoms. The van der Waals surface area contributed by atoms with E-state index in [1.807, 2.05) is 35.2 Å². The molecule has 0 spiro atoms. The van der Waals surface area contributed by atoms with Crippen LogP contribution in [0, 0.1) is 5.92 Å². The summed E-state index contributed by atoms with van der Waals surface area (Å²) >= 11 is 0. The highest BCUT2D eigenvalue weighted by atomic mass is 32.2. The summed E-state index contributed by atoms with van der Waals surface area (Å²) in [6.45, 7) is 6.44.